The summed E-state index contributed by atoms with van der Waals surface area (Å²) >= 11 is 12.0. The van der Waals surface area contributed by atoms with E-state index >= 15 is 0 Å². The van der Waals surface area contributed by atoms with Gasteiger partial charge in [-0.2, -0.15) is 0 Å². The van der Waals surface area contributed by atoms with E-state index in [2.05, 4.69) is 30.7 Å². The van der Waals surface area contributed by atoms with E-state index in [4.69, 9.17) is 23.2 Å². The van der Waals surface area contributed by atoms with E-state index in [0.717, 1.165) is 49.1 Å². The highest BCUT2D eigenvalue weighted by Gasteiger charge is 2.23. The first-order valence-electron chi connectivity index (χ1n) is 9.16. The van der Waals surface area contributed by atoms with E-state index in [1.807, 2.05) is 29.2 Å². The number of carbonyl (C=O) groups is 1. The number of nitrogens with zero attached hydrogens (tertiary/aromatic N) is 3. The molecule has 0 saturated carbocycles. The molecular weight excluding hydrogens is 369 g/mol. The Morgan fingerprint density at radius 2 is 1.96 bits per heavy atom. The van der Waals surface area contributed by atoms with E-state index in [1.54, 1.807) is 6.20 Å². The standard InChI is InChI=1S/C20H27Cl2N3O/c1-4-24(5-2)12-6-7-15(3)25(20(26)14-21)19-10-11-23-18-13-16(22)8-9-17(18)19/h8-11,13,15H,4-7,12,14H2,1-3H3. The lowest BCUT2D eigenvalue weighted by Crippen LogP contribution is -2.40. The number of pyridine rings is 1. The van der Waals surface area contributed by atoms with Crippen molar-refractivity contribution in [3.63, 3.8) is 0 Å². The Morgan fingerprint density at radius 3 is 2.62 bits per heavy atom. The highest BCUT2D eigenvalue weighted by molar-refractivity contribution is 6.31. The molecule has 4 nitrogen and oxygen atoms in total. The quantitative estimate of drug-likeness (QED) is 0.562. The van der Waals surface area contributed by atoms with Gasteiger partial charge in [-0.3, -0.25) is 9.78 Å². The molecule has 0 radical (unpaired) electrons. The molecule has 2 aromatic rings. The Balaban J connectivity index is 2.26. The zero-order chi connectivity index (χ0) is 19.1. The number of carbonyl (C=O) groups excluding carboxylic acids is 1. The van der Waals surface area contributed by atoms with Crippen LogP contribution >= 0.6 is 23.2 Å². The van der Waals surface area contributed by atoms with Crippen LogP contribution in [0.3, 0.4) is 0 Å². The first-order valence-corrected chi connectivity index (χ1v) is 10.1. The predicted octanol–water partition coefficient (Wildman–Crippen LogP) is 4.97. The molecule has 1 aromatic heterocycles. The number of hydrogen-bond donors (Lipinski definition) is 0. The van der Waals surface area contributed by atoms with Gasteiger partial charge < -0.3 is 9.80 Å². The first-order chi connectivity index (χ1) is 12.5. The number of amides is 1. The van der Waals surface area contributed by atoms with Crippen LogP contribution in [0.2, 0.25) is 5.02 Å². The normalized spacial score (nSPS) is 12.5. The molecule has 26 heavy (non-hydrogen) atoms. The van der Waals surface area contributed by atoms with Crippen molar-refractivity contribution < 1.29 is 4.79 Å². The number of alkyl halides is 1. The van der Waals surface area contributed by atoms with Crippen molar-refractivity contribution in [3.05, 3.63) is 35.5 Å². The maximum absolute atomic E-state index is 12.6. The average Bonchev–Trinajstić information content (AvgIpc) is 2.65. The summed E-state index contributed by atoms with van der Waals surface area (Å²) in [6.07, 6.45) is 3.66. The van der Waals surface area contributed by atoms with Crippen molar-refractivity contribution in [1.82, 2.24) is 9.88 Å². The second-order valence-electron chi connectivity index (χ2n) is 6.41. The summed E-state index contributed by atoms with van der Waals surface area (Å²) in [7, 11) is 0. The SMILES string of the molecule is CCN(CC)CCCC(C)N(C(=O)CCl)c1ccnc2cc(Cl)ccc12. The van der Waals surface area contributed by atoms with Crippen LogP contribution < -0.4 is 4.90 Å². The van der Waals surface area contributed by atoms with Gasteiger partial charge in [0.15, 0.2) is 0 Å². The van der Waals surface area contributed by atoms with E-state index in [-0.39, 0.29) is 17.8 Å². The van der Waals surface area contributed by atoms with Gasteiger partial charge in [0.2, 0.25) is 5.91 Å². The molecule has 1 unspecified atom stereocenters. The van der Waals surface area contributed by atoms with Gasteiger partial charge in [-0.25, -0.2) is 0 Å². The Hall–Kier alpha value is -1.36. The van der Waals surface area contributed by atoms with E-state index in [0.29, 0.717) is 5.02 Å². The van der Waals surface area contributed by atoms with Gasteiger partial charge in [0.25, 0.3) is 0 Å². The number of anilines is 1. The average molecular weight is 396 g/mol. The molecule has 1 heterocycles. The maximum Gasteiger partial charge on any atom is 0.242 e. The summed E-state index contributed by atoms with van der Waals surface area (Å²) in [4.78, 5) is 21.2. The lowest BCUT2D eigenvalue weighted by atomic mass is 10.1. The monoisotopic (exact) mass is 395 g/mol. The molecule has 0 aliphatic rings. The summed E-state index contributed by atoms with van der Waals surface area (Å²) in [6.45, 7) is 9.55. The molecule has 6 heteroatoms. The van der Waals surface area contributed by atoms with Crippen molar-refractivity contribution in [1.29, 1.82) is 0 Å². The third kappa shape index (κ3) is 5.09. The molecule has 1 atom stereocenters. The van der Waals surface area contributed by atoms with Crippen LogP contribution in [0.25, 0.3) is 10.9 Å². The molecule has 0 bridgehead atoms. The number of halogens is 2. The number of fused-ring (bicyclic) bond motifs is 1. The summed E-state index contributed by atoms with van der Waals surface area (Å²) in [5.41, 5.74) is 1.62. The molecular formula is C20H27Cl2N3O. The molecule has 0 fully saturated rings. The van der Waals surface area contributed by atoms with E-state index in [1.165, 1.54) is 0 Å². The number of hydrogen-bond acceptors (Lipinski definition) is 3. The largest absolute Gasteiger partial charge is 0.308 e. The fourth-order valence-electron chi connectivity index (χ4n) is 3.28. The van der Waals surface area contributed by atoms with E-state index < -0.39 is 0 Å². The van der Waals surface area contributed by atoms with Crippen LogP contribution in [0, 0.1) is 0 Å². The van der Waals surface area contributed by atoms with Crippen LogP contribution in [0.5, 0.6) is 0 Å². The van der Waals surface area contributed by atoms with Gasteiger partial charge in [-0.15, -0.1) is 11.6 Å². The number of benzene rings is 1. The molecule has 1 aromatic carbocycles. The highest BCUT2D eigenvalue weighted by atomic mass is 35.5. The molecule has 0 aliphatic carbocycles. The van der Waals surface area contributed by atoms with Gasteiger partial charge in [-0.05, 0) is 63.7 Å². The smallest absolute Gasteiger partial charge is 0.242 e. The van der Waals surface area contributed by atoms with Crippen molar-refractivity contribution >= 4 is 45.7 Å². The first kappa shape index (κ1) is 20.9. The molecule has 0 spiro atoms. The molecule has 0 N–H and O–H groups in total. The van der Waals surface area contributed by atoms with Crippen LogP contribution in [0.1, 0.15) is 33.6 Å². The summed E-state index contributed by atoms with van der Waals surface area (Å²) in [5.74, 6) is -0.137. The van der Waals surface area contributed by atoms with Crippen molar-refractivity contribution in [3.8, 4) is 0 Å². The molecule has 2 rings (SSSR count). The van der Waals surface area contributed by atoms with Crippen LogP contribution in [-0.2, 0) is 4.79 Å². The lowest BCUT2D eigenvalue weighted by molar-refractivity contribution is -0.116. The maximum atomic E-state index is 12.6. The second kappa shape index (κ2) is 10.1. The Kier molecular flexibility index (Phi) is 8.14. The minimum absolute atomic E-state index is 0.0439. The van der Waals surface area contributed by atoms with Gasteiger partial charge in [0.05, 0.1) is 11.2 Å². The number of aromatic nitrogens is 1. The van der Waals surface area contributed by atoms with Gasteiger partial charge in [0, 0.05) is 22.6 Å². The van der Waals surface area contributed by atoms with Crippen molar-refractivity contribution in [2.45, 2.75) is 39.7 Å². The summed E-state index contributed by atoms with van der Waals surface area (Å²) in [5, 5.41) is 1.54. The van der Waals surface area contributed by atoms with Gasteiger partial charge in [0.1, 0.15) is 5.88 Å². The minimum atomic E-state index is -0.0931. The zero-order valence-electron chi connectivity index (χ0n) is 15.7. The van der Waals surface area contributed by atoms with Gasteiger partial charge in [-0.1, -0.05) is 25.4 Å². The Morgan fingerprint density at radius 1 is 1.23 bits per heavy atom. The summed E-state index contributed by atoms with van der Waals surface area (Å²) in [6, 6.07) is 7.48. The Labute approximate surface area is 166 Å². The predicted molar refractivity (Wildman–Crippen MR) is 111 cm³/mol. The lowest BCUT2D eigenvalue weighted by Gasteiger charge is -2.30. The van der Waals surface area contributed by atoms with Gasteiger partial charge >= 0.3 is 0 Å². The Bertz CT molecular complexity index is 734. The highest BCUT2D eigenvalue weighted by Crippen LogP contribution is 2.30. The van der Waals surface area contributed by atoms with Crippen molar-refractivity contribution in [2.75, 3.05) is 30.4 Å². The van der Waals surface area contributed by atoms with E-state index in [9.17, 15) is 4.79 Å². The fourth-order valence-corrected chi connectivity index (χ4v) is 3.57. The minimum Gasteiger partial charge on any atom is -0.308 e. The molecule has 1 amide bonds. The number of rotatable bonds is 9. The summed E-state index contributed by atoms with van der Waals surface area (Å²) < 4.78 is 0. The second-order valence-corrected chi connectivity index (χ2v) is 7.11. The van der Waals surface area contributed by atoms with Crippen molar-refractivity contribution in [2.24, 2.45) is 0 Å². The third-order valence-electron chi connectivity index (χ3n) is 4.76. The van der Waals surface area contributed by atoms with Crippen LogP contribution in [0.4, 0.5) is 5.69 Å². The molecule has 0 saturated heterocycles. The third-order valence-corrected chi connectivity index (χ3v) is 5.22. The fraction of sp³-hybridized carbons (Fsp3) is 0.500. The molecule has 0 aliphatic heterocycles. The van der Waals surface area contributed by atoms with Crippen LogP contribution in [-0.4, -0.2) is 47.3 Å². The molecule has 142 valence electrons. The zero-order valence-corrected chi connectivity index (χ0v) is 17.2. The topological polar surface area (TPSA) is 36.4 Å². The van der Waals surface area contributed by atoms with Crippen LogP contribution in [0.15, 0.2) is 30.5 Å².